The predicted octanol–water partition coefficient (Wildman–Crippen LogP) is 5.65. The van der Waals surface area contributed by atoms with Crippen LogP contribution in [0.15, 0.2) is 59.5 Å². The van der Waals surface area contributed by atoms with Crippen molar-refractivity contribution in [2.75, 3.05) is 6.61 Å². The van der Waals surface area contributed by atoms with Gasteiger partial charge in [0.15, 0.2) is 23.3 Å². The highest BCUT2D eigenvalue weighted by atomic mass is 32.2. The van der Waals surface area contributed by atoms with E-state index in [1.807, 2.05) is 30.3 Å². The topological polar surface area (TPSA) is 59.4 Å². The standard InChI is InChI=1S/C23H17F4NO3S/c24-16-12-17(25)22(27)23(21(16)26)32-13-15-6-8-19(18(28-15)7-9-20(29)30)31-11-10-14-4-2-1-3-5-14/h1-9,12H,10-11,13H2,(H,29,30). The highest BCUT2D eigenvalue weighted by molar-refractivity contribution is 7.98. The maximum absolute atomic E-state index is 13.9. The lowest BCUT2D eigenvalue weighted by atomic mass is 10.2. The minimum Gasteiger partial charge on any atom is -0.491 e. The molecule has 0 radical (unpaired) electrons. The van der Waals surface area contributed by atoms with Crippen LogP contribution in [0.3, 0.4) is 0 Å². The van der Waals surface area contributed by atoms with Crippen molar-refractivity contribution >= 4 is 23.8 Å². The molecule has 0 fully saturated rings. The van der Waals surface area contributed by atoms with Gasteiger partial charge in [-0.15, -0.1) is 11.8 Å². The Kier molecular flexibility index (Phi) is 7.88. The minimum atomic E-state index is -1.49. The molecule has 0 aliphatic carbocycles. The monoisotopic (exact) mass is 463 g/mol. The van der Waals surface area contributed by atoms with E-state index in [0.29, 0.717) is 36.2 Å². The summed E-state index contributed by atoms with van der Waals surface area (Å²) in [5.74, 6) is -6.95. The molecule has 3 rings (SSSR count). The number of hydrogen-bond donors (Lipinski definition) is 1. The van der Waals surface area contributed by atoms with E-state index in [4.69, 9.17) is 9.84 Å². The molecule has 3 aromatic rings. The summed E-state index contributed by atoms with van der Waals surface area (Å²) >= 11 is 0.535. The van der Waals surface area contributed by atoms with Crippen molar-refractivity contribution in [2.45, 2.75) is 17.1 Å². The lowest BCUT2D eigenvalue weighted by Crippen LogP contribution is -2.04. The zero-order valence-electron chi connectivity index (χ0n) is 16.5. The van der Waals surface area contributed by atoms with Crippen molar-refractivity contribution in [1.29, 1.82) is 0 Å². The second-order valence-corrected chi connectivity index (χ2v) is 7.51. The van der Waals surface area contributed by atoms with Crippen molar-refractivity contribution in [2.24, 2.45) is 0 Å². The van der Waals surface area contributed by atoms with Crippen LogP contribution in [0.25, 0.3) is 6.08 Å². The Hall–Kier alpha value is -3.33. The van der Waals surface area contributed by atoms with Crippen molar-refractivity contribution in [3.8, 4) is 5.75 Å². The number of carbonyl (C=O) groups is 1. The molecule has 0 saturated carbocycles. The second-order valence-electron chi connectivity index (χ2n) is 6.53. The van der Waals surface area contributed by atoms with Gasteiger partial charge in [-0.25, -0.2) is 27.3 Å². The number of aromatic nitrogens is 1. The Morgan fingerprint density at radius 2 is 1.72 bits per heavy atom. The average Bonchev–Trinajstić information content (AvgIpc) is 2.78. The fourth-order valence-corrected chi connectivity index (χ4v) is 3.63. The molecule has 1 N–H and O–H groups in total. The summed E-state index contributed by atoms with van der Waals surface area (Å²) in [6.07, 6.45) is 2.73. The van der Waals surface area contributed by atoms with E-state index in [0.717, 1.165) is 11.6 Å². The molecule has 0 aliphatic rings. The summed E-state index contributed by atoms with van der Waals surface area (Å²) in [7, 11) is 0. The zero-order chi connectivity index (χ0) is 23.1. The van der Waals surface area contributed by atoms with Crippen LogP contribution < -0.4 is 4.74 Å². The number of benzene rings is 2. The molecular formula is C23H17F4NO3S. The average molecular weight is 463 g/mol. The Morgan fingerprint density at radius 1 is 1.03 bits per heavy atom. The largest absolute Gasteiger partial charge is 0.491 e. The molecule has 0 unspecified atom stereocenters. The Morgan fingerprint density at radius 3 is 2.38 bits per heavy atom. The first kappa shape index (κ1) is 23.3. The van der Waals surface area contributed by atoms with E-state index >= 15 is 0 Å². The maximum atomic E-state index is 13.9. The van der Waals surface area contributed by atoms with Crippen LogP contribution in [0.4, 0.5) is 17.6 Å². The molecule has 9 heteroatoms. The van der Waals surface area contributed by atoms with Crippen LogP contribution in [-0.2, 0) is 17.0 Å². The smallest absolute Gasteiger partial charge is 0.328 e. The number of thioether (sulfide) groups is 1. The molecule has 1 aromatic heterocycles. The van der Waals surface area contributed by atoms with Crippen LogP contribution >= 0.6 is 11.8 Å². The third-order valence-electron chi connectivity index (χ3n) is 4.25. The molecule has 32 heavy (non-hydrogen) atoms. The normalized spacial score (nSPS) is 11.1. The highest BCUT2D eigenvalue weighted by Gasteiger charge is 2.20. The fraction of sp³-hybridized carbons (Fsp3) is 0.130. The van der Waals surface area contributed by atoms with Crippen molar-refractivity contribution in [3.63, 3.8) is 0 Å². The maximum Gasteiger partial charge on any atom is 0.328 e. The first-order valence-corrected chi connectivity index (χ1v) is 10.4. The van der Waals surface area contributed by atoms with Crippen LogP contribution in [0.5, 0.6) is 5.75 Å². The minimum absolute atomic E-state index is 0.116. The van der Waals surface area contributed by atoms with Crippen LogP contribution in [0.1, 0.15) is 17.0 Å². The van der Waals surface area contributed by atoms with E-state index < -0.39 is 34.1 Å². The Bertz CT molecular complexity index is 1110. The van der Waals surface area contributed by atoms with Gasteiger partial charge in [0, 0.05) is 24.3 Å². The number of pyridine rings is 1. The third-order valence-corrected chi connectivity index (χ3v) is 5.34. The zero-order valence-corrected chi connectivity index (χ0v) is 17.3. The molecule has 166 valence electrons. The van der Waals surface area contributed by atoms with Crippen molar-refractivity contribution in [3.05, 3.63) is 94.8 Å². The van der Waals surface area contributed by atoms with Gasteiger partial charge in [0.25, 0.3) is 0 Å². The van der Waals surface area contributed by atoms with E-state index in [-0.39, 0.29) is 17.5 Å². The van der Waals surface area contributed by atoms with E-state index in [9.17, 15) is 22.4 Å². The molecule has 0 saturated heterocycles. The highest BCUT2D eigenvalue weighted by Crippen LogP contribution is 2.31. The van der Waals surface area contributed by atoms with E-state index in [1.54, 1.807) is 6.07 Å². The molecule has 0 amide bonds. The van der Waals surface area contributed by atoms with Gasteiger partial charge >= 0.3 is 5.97 Å². The SMILES string of the molecule is O=C(O)C=Cc1nc(CSc2c(F)c(F)cc(F)c2F)ccc1OCCc1ccccc1. The number of rotatable bonds is 9. The van der Waals surface area contributed by atoms with Crippen LogP contribution in [-0.4, -0.2) is 22.7 Å². The molecule has 0 aliphatic heterocycles. The molecule has 4 nitrogen and oxygen atoms in total. The number of hydrogen-bond acceptors (Lipinski definition) is 4. The van der Waals surface area contributed by atoms with E-state index in [1.165, 1.54) is 12.1 Å². The number of carboxylic acids is 1. The Balaban J connectivity index is 1.76. The van der Waals surface area contributed by atoms with Crippen molar-refractivity contribution < 1.29 is 32.2 Å². The summed E-state index contributed by atoms with van der Waals surface area (Å²) in [5.41, 5.74) is 1.56. The summed E-state index contributed by atoms with van der Waals surface area (Å²) in [5, 5.41) is 8.91. The van der Waals surface area contributed by atoms with Gasteiger partial charge < -0.3 is 9.84 Å². The summed E-state index contributed by atoms with van der Waals surface area (Å²) in [4.78, 5) is 14.4. The quantitative estimate of drug-likeness (QED) is 0.192. The first-order valence-electron chi connectivity index (χ1n) is 9.38. The summed E-state index contributed by atoms with van der Waals surface area (Å²) < 4.78 is 60.2. The third kappa shape index (κ3) is 6.10. The number of aliphatic carboxylic acids is 1. The van der Waals surface area contributed by atoms with Gasteiger partial charge in [0.2, 0.25) is 0 Å². The number of halogens is 4. The van der Waals surface area contributed by atoms with Gasteiger partial charge in [0.05, 0.1) is 17.2 Å². The van der Waals surface area contributed by atoms with Gasteiger partial charge in [-0.05, 0) is 23.8 Å². The van der Waals surface area contributed by atoms with Gasteiger partial charge in [0.1, 0.15) is 11.4 Å². The molecule has 1 heterocycles. The van der Waals surface area contributed by atoms with Crippen molar-refractivity contribution in [1.82, 2.24) is 4.98 Å². The van der Waals surface area contributed by atoms with Crippen LogP contribution in [0.2, 0.25) is 0 Å². The Labute approximate surface area is 185 Å². The molecular weight excluding hydrogens is 446 g/mol. The van der Waals surface area contributed by atoms with Gasteiger partial charge in [-0.2, -0.15) is 0 Å². The van der Waals surface area contributed by atoms with E-state index in [2.05, 4.69) is 4.98 Å². The first-order chi connectivity index (χ1) is 15.3. The predicted molar refractivity (Wildman–Crippen MR) is 112 cm³/mol. The number of nitrogens with zero attached hydrogens (tertiary/aromatic N) is 1. The number of ether oxygens (including phenoxy) is 1. The fourth-order valence-electron chi connectivity index (χ4n) is 2.72. The van der Waals surface area contributed by atoms with Crippen LogP contribution in [0, 0.1) is 23.3 Å². The molecule has 2 aromatic carbocycles. The molecule has 0 spiro atoms. The van der Waals surface area contributed by atoms with Gasteiger partial charge in [-0.1, -0.05) is 30.3 Å². The summed E-state index contributed by atoms with van der Waals surface area (Å²) in [6, 6.07) is 12.8. The van der Waals surface area contributed by atoms with Gasteiger partial charge in [-0.3, -0.25) is 0 Å². The lowest BCUT2D eigenvalue weighted by Gasteiger charge is -2.11. The summed E-state index contributed by atoms with van der Waals surface area (Å²) in [6.45, 7) is 0.312. The number of carboxylic acid groups (broad SMARTS) is 1. The second kappa shape index (κ2) is 10.8. The molecule has 0 bridgehead atoms. The lowest BCUT2D eigenvalue weighted by molar-refractivity contribution is -0.131. The molecule has 0 atom stereocenters.